The number of fused-ring (bicyclic) bond motifs is 1. The molecule has 0 spiro atoms. The molecule has 2 atom stereocenters. The monoisotopic (exact) mass is 443 g/mol. The molecule has 31 heavy (non-hydrogen) atoms. The van der Waals surface area contributed by atoms with Gasteiger partial charge >= 0.3 is 12.1 Å². The number of halogens is 4. The number of aromatic nitrogens is 2. The largest absolute Gasteiger partial charge is 0.490 e. The highest BCUT2D eigenvalue weighted by molar-refractivity contribution is 5.73. The summed E-state index contributed by atoms with van der Waals surface area (Å²) >= 11 is 0. The molecular formula is C20H21F4N3O4. The Morgan fingerprint density at radius 2 is 2.00 bits per heavy atom. The van der Waals surface area contributed by atoms with Gasteiger partial charge < -0.3 is 14.6 Å². The molecule has 1 N–H and O–H groups in total. The van der Waals surface area contributed by atoms with Crippen LogP contribution in [-0.4, -0.2) is 65.0 Å². The highest BCUT2D eigenvalue weighted by Gasteiger charge is 2.51. The molecule has 2 fully saturated rings. The highest BCUT2D eigenvalue weighted by atomic mass is 19.4. The molecule has 0 bridgehead atoms. The van der Waals surface area contributed by atoms with Crippen molar-refractivity contribution in [2.45, 2.75) is 12.7 Å². The maximum Gasteiger partial charge on any atom is 0.490 e. The maximum absolute atomic E-state index is 13.7. The van der Waals surface area contributed by atoms with Crippen molar-refractivity contribution in [2.75, 3.05) is 32.9 Å². The van der Waals surface area contributed by atoms with E-state index >= 15 is 0 Å². The van der Waals surface area contributed by atoms with Gasteiger partial charge in [-0.15, -0.1) is 0 Å². The first-order chi connectivity index (χ1) is 14.7. The minimum absolute atomic E-state index is 0.0701. The second kappa shape index (κ2) is 9.56. The first-order valence-corrected chi connectivity index (χ1v) is 9.43. The number of likely N-dealkylation sites (tertiary alicyclic amines) is 1. The molecule has 168 valence electrons. The molecule has 0 saturated carbocycles. The number of ether oxygens (including phenoxy) is 2. The Kier molecular flexibility index (Phi) is 7.06. The fourth-order valence-electron chi connectivity index (χ4n) is 3.68. The van der Waals surface area contributed by atoms with E-state index in [-0.39, 0.29) is 11.3 Å². The molecule has 0 amide bonds. The molecule has 11 heteroatoms. The maximum atomic E-state index is 13.7. The van der Waals surface area contributed by atoms with Crippen LogP contribution < -0.4 is 4.74 Å². The molecule has 2 aliphatic rings. The third-order valence-electron chi connectivity index (χ3n) is 5.17. The van der Waals surface area contributed by atoms with E-state index in [9.17, 15) is 17.6 Å². The lowest BCUT2D eigenvalue weighted by Gasteiger charge is -2.27. The summed E-state index contributed by atoms with van der Waals surface area (Å²) in [5.74, 6) is -2.71. The molecule has 0 aromatic carbocycles. The number of alkyl halides is 3. The third kappa shape index (κ3) is 5.88. The van der Waals surface area contributed by atoms with Crippen LogP contribution in [0, 0.1) is 17.2 Å². The normalized spacial score (nSPS) is 23.0. The molecule has 0 unspecified atom stereocenters. The Balaban J connectivity index is 0.000000339. The van der Waals surface area contributed by atoms with E-state index in [2.05, 4.69) is 14.9 Å². The first kappa shape index (κ1) is 22.9. The molecule has 4 rings (SSSR count). The number of hydrogen-bond acceptors (Lipinski definition) is 6. The molecular weight excluding hydrogens is 422 g/mol. The van der Waals surface area contributed by atoms with Crippen molar-refractivity contribution >= 4 is 5.97 Å². The van der Waals surface area contributed by atoms with Gasteiger partial charge in [0.25, 0.3) is 0 Å². The van der Waals surface area contributed by atoms with Gasteiger partial charge in [-0.1, -0.05) is 6.07 Å². The van der Waals surface area contributed by atoms with Crippen molar-refractivity contribution in [3.63, 3.8) is 0 Å². The summed E-state index contributed by atoms with van der Waals surface area (Å²) in [6, 6.07) is 8.89. The van der Waals surface area contributed by atoms with Crippen LogP contribution in [-0.2, 0) is 16.1 Å². The number of aliphatic carboxylic acids is 1. The molecule has 0 radical (unpaired) electrons. The second-order valence-electron chi connectivity index (χ2n) is 7.45. The average molecular weight is 443 g/mol. The summed E-state index contributed by atoms with van der Waals surface area (Å²) in [6.07, 6.45) is -1.72. The number of hydrogen-bond donors (Lipinski definition) is 1. The van der Waals surface area contributed by atoms with Crippen LogP contribution in [0.4, 0.5) is 17.6 Å². The lowest BCUT2D eigenvalue weighted by molar-refractivity contribution is -0.192. The molecule has 0 aliphatic carbocycles. The van der Waals surface area contributed by atoms with Gasteiger partial charge in [-0.2, -0.15) is 13.2 Å². The van der Waals surface area contributed by atoms with Crippen molar-refractivity contribution in [2.24, 2.45) is 11.3 Å². The first-order valence-electron chi connectivity index (χ1n) is 9.43. The van der Waals surface area contributed by atoms with E-state index in [1.54, 1.807) is 12.3 Å². The Morgan fingerprint density at radius 3 is 2.65 bits per heavy atom. The smallest absolute Gasteiger partial charge is 0.475 e. The van der Waals surface area contributed by atoms with Crippen molar-refractivity contribution in [3.05, 3.63) is 54.2 Å². The van der Waals surface area contributed by atoms with Crippen molar-refractivity contribution in [1.29, 1.82) is 0 Å². The molecule has 2 aromatic heterocycles. The van der Waals surface area contributed by atoms with Gasteiger partial charge in [-0.3, -0.25) is 9.88 Å². The lowest BCUT2D eigenvalue weighted by atomic mass is 9.82. The Morgan fingerprint density at radius 1 is 1.26 bits per heavy atom. The average Bonchev–Trinajstić information content (AvgIpc) is 3.25. The van der Waals surface area contributed by atoms with Gasteiger partial charge in [0.15, 0.2) is 5.82 Å². The summed E-state index contributed by atoms with van der Waals surface area (Å²) in [7, 11) is 0. The third-order valence-corrected chi connectivity index (χ3v) is 5.17. The number of carbonyl (C=O) groups is 1. The number of carboxylic acids is 1. The minimum atomic E-state index is -5.08. The molecule has 7 nitrogen and oxygen atoms in total. The topological polar surface area (TPSA) is 84.8 Å². The van der Waals surface area contributed by atoms with Crippen LogP contribution in [0.1, 0.15) is 5.69 Å². The Hall–Kier alpha value is -2.79. The van der Waals surface area contributed by atoms with Crippen molar-refractivity contribution in [1.82, 2.24) is 14.9 Å². The number of rotatable bonds is 5. The molecule has 4 heterocycles. The van der Waals surface area contributed by atoms with Crippen molar-refractivity contribution < 1.29 is 36.9 Å². The Labute approximate surface area is 175 Å². The van der Waals surface area contributed by atoms with Gasteiger partial charge in [0, 0.05) is 43.4 Å². The molecule has 2 saturated heterocycles. The number of carboxylic acid groups (broad SMARTS) is 1. The van der Waals surface area contributed by atoms with Crippen LogP contribution in [0.15, 0.2) is 42.7 Å². The van der Waals surface area contributed by atoms with E-state index in [0.717, 1.165) is 31.9 Å². The van der Waals surface area contributed by atoms with E-state index in [0.29, 0.717) is 19.1 Å². The summed E-state index contributed by atoms with van der Waals surface area (Å²) < 4.78 is 56.9. The van der Waals surface area contributed by atoms with Gasteiger partial charge in [0.1, 0.15) is 0 Å². The van der Waals surface area contributed by atoms with Gasteiger partial charge in [0.05, 0.1) is 25.5 Å². The van der Waals surface area contributed by atoms with Crippen LogP contribution in [0.25, 0.3) is 0 Å². The quantitative estimate of drug-likeness (QED) is 0.712. The van der Waals surface area contributed by atoms with E-state index in [4.69, 9.17) is 19.4 Å². The SMILES string of the molecule is Fc1cccnc1OC[C@]12COC[C@H]1CN(Cc1ccccn1)C2.O=C(O)C(F)(F)F. The van der Waals surface area contributed by atoms with E-state index in [1.165, 1.54) is 6.07 Å². The Bertz CT molecular complexity index is 884. The standard InChI is InChI=1S/C18H20FN3O2.C2HF3O2/c19-16-5-3-7-21-17(16)24-13-18-11-22(8-14(18)10-23-12-18)9-15-4-1-2-6-20-15;3-2(4,5)1(6)7/h1-7,14H,8-13H2;(H,6,7)/t14-,18+;/m1./s1. The predicted molar refractivity (Wildman–Crippen MR) is 99.6 cm³/mol. The molecule has 2 aromatic rings. The van der Waals surface area contributed by atoms with Crippen LogP contribution in [0.3, 0.4) is 0 Å². The zero-order valence-electron chi connectivity index (χ0n) is 16.4. The summed E-state index contributed by atoms with van der Waals surface area (Å²) in [5.41, 5.74) is 0.962. The second-order valence-corrected chi connectivity index (χ2v) is 7.45. The van der Waals surface area contributed by atoms with Crippen LogP contribution in [0.2, 0.25) is 0 Å². The van der Waals surface area contributed by atoms with Crippen LogP contribution >= 0.6 is 0 Å². The summed E-state index contributed by atoms with van der Waals surface area (Å²) in [5, 5.41) is 7.12. The lowest BCUT2D eigenvalue weighted by Crippen LogP contribution is -2.37. The van der Waals surface area contributed by atoms with Gasteiger partial charge in [0.2, 0.25) is 5.88 Å². The summed E-state index contributed by atoms with van der Waals surface area (Å²) in [6.45, 7) is 4.42. The summed E-state index contributed by atoms with van der Waals surface area (Å²) in [4.78, 5) is 19.7. The van der Waals surface area contributed by atoms with Crippen LogP contribution in [0.5, 0.6) is 5.88 Å². The fourth-order valence-corrected chi connectivity index (χ4v) is 3.68. The van der Waals surface area contributed by atoms with E-state index < -0.39 is 18.0 Å². The highest BCUT2D eigenvalue weighted by Crippen LogP contribution is 2.42. The van der Waals surface area contributed by atoms with Crippen molar-refractivity contribution in [3.8, 4) is 5.88 Å². The minimum Gasteiger partial charge on any atom is -0.475 e. The zero-order valence-corrected chi connectivity index (χ0v) is 16.4. The predicted octanol–water partition coefficient (Wildman–Crippen LogP) is 2.78. The zero-order chi connectivity index (χ0) is 22.5. The van der Waals surface area contributed by atoms with Gasteiger partial charge in [-0.25, -0.2) is 14.2 Å². The van der Waals surface area contributed by atoms with E-state index in [1.807, 2.05) is 24.4 Å². The number of pyridine rings is 2. The number of nitrogens with zero attached hydrogens (tertiary/aromatic N) is 3. The molecule has 2 aliphatic heterocycles. The van der Waals surface area contributed by atoms with Gasteiger partial charge in [-0.05, 0) is 24.3 Å². The fraction of sp³-hybridized carbons (Fsp3) is 0.450.